The number of likely N-dealkylation sites (tertiary alicyclic amines) is 1. The Hall–Kier alpha value is -1.80. The van der Waals surface area contributed by atoms with Crippen molar-refractivity contribution in [3.63, 3.8) is 0 Å². The van der Waals surface area contributed by atoms with Crippen LogP contribution in [0, 0.1) is 5.92 Å². The number of hydrogen-bond acceptors (Lipinski definition) is 7. The van der Waals surface area contributed by atoms with Gasteiger partial charge in [-0.1, -0.05) is 48.2 Å². The fraction of sp³-hybridized carbons (Fsp3) is 0.550. The standard InChI is InChI=1S/C20H27N5OS2/c1-16-7-9-24(10-8-16)18(26)15-27-20-22-21-19(28-20)25-13-11-23(12-14-25)17-5-3-2-4-6-17/h2-6,16H,7-15H2,1H3. The second-order valence-corrected chi connectivity index (χ2v) is 9.69. The van der Waals surface area contributed by atoms with Crippen LogP contribution in [0.2, 0.25) is 0 Å². The minimum Gasteiger partial charge on any atom is -0.368 e. The minimum atomic E-state index is 0.227. The minimum absolute atomic E-state index is 0.227. The van der Waals surface area contributed by atoms with Gasteiger partial charge in [0.2, 0.25) is 11.0 Å². The van der Waals surface area contributed by atoms with Gasteiger partial charge in [-0.05, 0) is 30.9 Å². The number of carbonyl (C=O) groups is 1. The van der Waals surface area contributed by atoms with Crippen LogP contribution in [-0.2, 0) is 4.79 Å². The summed E-state index contributed by atoms with van der Waals surface area (Å²) in [4.78, 5) is 19.1. The molecule has 1 aromatic heterocycles. The van der Waals surface area contributed by atoms with Gasteiger partial charge < -0.3 is 14.7 Å². The van der Waals surface area contributed by atoms with E-state index in [4.69, 9.17) is 0 Å². The smallest absolute Gasteiger partial charge is 0.233 e. The van der Waals surface area contributed by atoms with Crippen LogP contribution in [0.1, 0.15) is 19.8 Å². The largest absolute Gasteiger partial charge is 0.368 e. The molecule has 8 heteroatoms. The van der Waals surface area contributed by atoms with Crippen molar-refractivity contribution in [2.45, 2.75) is 24.1 Å². The van der Waals surface area contributed by atoms with E-state index in [-0.39, 0.29) is 5.91 Å². The first-order chi connectivity index (χ1) is 13.7. The molecule has 2 aromatic rings. The van der Waals surface area contributed by atoms with Crippen LogP contribution in [-0.4, -0.2) is 66.0 Å². The van der Waals surface area contributed by atoms with Crippen molar-refractivity contribution in [3.8, 4) is 0 Å². The molecule has 150 valence electrons. The summed E-state index contributed by atoms with van der Waals surface area (Å²) in [7, 11) is 0. The first-order valence-electron chi connectivity index (χ1n) is 9.98. The lowest BCUT2D eigenvalue weighted by Gasteiger charge is -2.35. The molecule has 6 nitrogen and oxygen atoms in total. The van der Waals surface area contributed by atoms with E-state index >= 15 is 0 Å². The van der Waals surface area contributed by atoms with Crippen molar-refractivity contribution in [1.29, 1.82) is 0 Å². The van der Waals surface area contributed by atoms with Crippen molar-refractivity contribution in [2.75, 3.05) is 54.8 Å². The summed E-state index contributed by atoms with van der Waals surface area (Å²) in [5.74, 6) is 1.43. The third-order valence-electron chi connectivity index (χ3n) is 5.52. The van der Waals surface area contributed by atoms with E-state index in [0.29, 0.717) is 5.75 Å². The number of piperazine rings is 1. The lowest BCUT2D eigenvalue weighted by molar-refractivity contribution is -0.129. The van der Waals surface area contributed by atoms with Gasteiger partial charge in [0.05, 0.1) is 5.75 Å². The highest BCUT2D eigenvalue weighted by Gasteiger charge is 2.22. The van der Waals surface area contributed by atoms with Gasteiger partial charge in [-0.25, -0.2) is 0 Å². The molecule has 0 saturated carbocycles. The summed E-state index contributed by atoms with van der Waals surface area (Å²) in [6.07, 6.45) is 2.24. The maximum atomic E-state index is 12.4. The van der Waals surface area contributed by atoms with Gasteiger partial charge in [-0.15, -0.1) is 10.2 Å². The van der Waals surface area contributed by atoms with E-state index in [1.54, 1.807) is 11.3 Å². The Morgan fingerprint density at radius 2 is 1.71 bits per heavy atom. The van der Waals surface area contributed by atoms with E-state index < -0.39 is 0 Å². The average molecular weight is 418 g/mol. The number of amides is 1. The number of hydrogen-bond donors (Lipinski definition) is 0. The Morgan fingerprint density at radius 1 is 1.04 bits per heavy atom. The normalized spacial score (nSPS) is 18.5. The van der Waals surface area contributed by atoms with Crippen molar-refractivity contribution >= 4 is 39.8 Å². The molecule has 28 heavy (non-hydrogen) atoms. The highest BCUT2D eigenvalue weighted by Crippen LogP contribution is 2.29. The monoisotopic (exact) mass is 417 g/mol. The summed E-state index contributed by atoms with van der Waals surface area (Å²) in [5, 5.41) is 9.64. The molecule has 0 N–H and O–H groups in total. The quantitative estimate of drug-likeness (QED) is 0.697. The van der Waals surface area contributed by atoms with Gasteiger partial charge in [0.1, 0.15) is 0 Å². The zero-order chi connectivity index (χ0) is 19.3. The molecule has 0 aliphatic carbocycles. The van der Waals surface area contributed by atoms with Gasteiger partial charge in [0.25, 0.3) is 0 Å². The number of anilines is 2. The van der Waals surface area contributed by atoms with Crippen LogP contribution in [0.3, 0.4) is 0 Å². The molecule has 0 spiro atoms. The molecule has 1 aromatic carbocycles. The summed E-state index contributed by atoms with van der Waals surface area (Å²) in [6, 6.07) is 10.5. The van der Waals surface area contributed by atoms with Crippen LogP contribution in [0.4, 0.5) is 10.8 Å². The summed E-state index contributed by atoms with van der Waals surface area (Å²) >= 11 is 3.12. The Kier molecular flexibility index (Phi) is 6.36. The number of benzene rings is 1. The van der Waals surface area contributed by atoms with E-state index in [0.717, 1.165) is 67.5 Å². The van der Waals surface area contributed by atoms with E-state index in [9.17, 15) is 4.79 Å². The molecule has 0 bridgehead atoms. The molecule has 0 radical (unpaired) electrons. The number of para-hydroxylation sites is 1. The van der Waals surface area contributed by atoms with Crippen LogP contribution in [0.5, 0.6) is 0 Å². The van der Waals surface area contributed by atoms with Crippen molar-refractivity contribution < 1.29 is 4.79 Å². The van der Waals surface area contributed by atoms with Crippen LogP contribution < -0.4 is 9.80 Å². The summed E-state index contributed by atoms with van der Waals surface area (Å²) in [5.41, 5.74) is 1.28. The van der Waals surface area contributed by atoms with Gasteiger partial charge in [-0.3, -0.25) is 4.79 Å². The predicted octanol–water partition coefficient (Wildman–Crippen LogP) is 3.22. The zero-order valence-corrected chi connectivity index (χ0v) is 17.9. The zero-order valence-electron chi connectivity index (χ0n) is 16.3. The topological polar surface area (TPSA) is 52.6 Å². The number of nitrogens with zero attached hydrogens (tertiary/aromatic N) is 5. The first-order valence-corrected chi connectivity index (χ1v) is 11.8. The fourth-order valence-electron chi connectivity index (χ4n) is 3.66. The highest BCUT2D eigenvalue weighted by atomic mass is 32.2. The molecule has 1 amide bonds. The van der Waals surface area contributed by atoms with Gasteiger partial charge >= 0.3 is 0 Å². The Labute approximate surface area is 174 Å². The fourth-order valence-corrected chi connectivity index (χ4v) is 5.45. The van der Waals surface area contributed by atoms with Crippen molar-refractivity contribution in [1.82, 2.24) is 15.1 Å². The SMILES string of the molecule is CC1CCN(C(=O)CSc2nnc(N3CCN(c4ccccc4)CC3)s2)CC1. The van der Waals surface area contributed by atoms with Gasteiger partial charge in [0.15, 0.2) is 4.34 Å². The number of piperidine rings is 1. The van der Waals surface area contributed by atoms with Crippen LogP contribution in [0.15, 0.2) is 34.7 Å². The maximum absolute atomic E-state index is 12.4. The molecule has 2 aliphatic rings. The van der Waals surface area contributed by atoms with Crippen molar-refractivity contribution in [2.24, 2.45) is 5.92 Å². The Bertz CT molecular complexity index is 768. The number of carbonyl (C=O) groups excluding carboxylic acids is 1. The highest BCUT2D eigenvalue weighted by molar-refractivity contribution is 8.01. The number of rotatable bonds is 5. The molecule has 2 aliphatic heterocycles. The van der Waals surface area contributed by atoms with E-state index in [1.165, 1.54) is 17.4 Å². The molecule has 2 saturated heterocycles. The lowest BCUT2D eigenvalue weighted by atomic mass is 9.99. The average Bonchev–Trinajstić information content (AvgIpc) is 3.22. The third kappa shape index (κ3) is 4.78. The first kappa shape index (κ1) is 19.5. The molecular weight excluding hydrogens is 390 g/mol. The van der Waals surface area contributed by atoms with Gasteiger partial charge in [-0.2, -0.15) is 0 Å². The molecule has 0 atom stereocenters. The molecule has 2 fully saturated rings. The number of aromatic nitrogens is 2. The molecule has 4 rings (SSSR count). The van der Waals surface area contributed by atoms with E-state index in [1.807, 2.05) is 4.90 Å². The molecular formula is C20H27N5OS2. The molecule has 3 heterocycles. The summed E-state index contributed by atoms with van der Waals surface area (Å²) < 4.78 is 0.888. The second kappa shape index (κ2) is 9.13. The second-order valence-electron chi connectivity index (χ2n) is 7.51. The Morgan fingerprint density at radius 3 is 2.43 bits per heavy atom. The van der Waals surface area contributed by atoms with Crippen LogP contribution >= 0.6 is 23.1 Å². The van der Waals surface area contributed by atoms with E-state index in [2.05, 4.69) is 57.3 Å². The summed E-state index contributed by atoms with van der Waals surface area (Å²) in [6.45, 7) is 7.91. The van der Waals surface area contributed by atoms with Crippen molar-refractivity contribution in [3.05, 3.63) is 30.3 Å². The lowest BCUT2D eigenvalue weighted by Crippen LogP contribution is -2.46. The maximum Gasteiger partial charge on any atom is 0.233 e. The molecule has 0 unspecified atom stereocenters. The Balaban J connectivity index is 1.25. The third-order valence-corrected chi connectivity index (χ3v) is 7.62. The number of thioether (sulfide) groups is 1. The van der Waals surface area contributed by atoms with Crippen LogP contribution in [0.25, 0.3) is 0 Å². The van der Waals surface area contributed by atoms with Gasteiger partial charge in [0, 0.05) is 45.0 Å². The predicted molar refractivity (Wildman–Crippen MR) is 116 cm³/mol.